The van der Waals surface area contributed by atoms with Gasteiger partial charge in [0.05, 0.1) is 6.54 Å². The number of benzene rings is 1. The van der Waals surface area contributed by atoms with Gasteiger partial charge in [-0.05, 0) is 31.2 Å². The predicted octanol–water partition coefficient (Wildman–Crippen LogP) is 2.45. The van der Waals surface area contributed by atoms with Crippen LogP contribution in [-0.2, 0) is 0 Å². The fraction of sp³-hybridized carbons (Fsp3) is 0.462. The molecule has 1 fully saturated rings. The second-order valence-electron chi connectivity index (χ2n) is 4.32. The molecule has 17 heavy (non-hydrogen) atoms. The maximum atomic E-state index is 12.7. The number of halogens is 1. The SMILES string of the molecule is CC1CSCCN1CC(=O)c1ccc(F)cc1. The van der Waals surface area contributed by atoms with Gasteiger partial charge in [0.25, 0.3) is 0 Å². The van der Waals surface area contributed by atoms with Gasteiger partial charge in [0, 0.05) is 29.7 Å². The molecule has 1 heterocycles. The lowest BCUT2D eigenvalue weighted by Crippen LogP contribution is -2.43. The summed E-state index contributed by atoms with van der Waals surface area (Å²) in [5, 5.41) is 0. The molecule has 0 saturated carbocycles. The number of hydrogen-bond acceptors (Lipinski definition) is 3. The quantitative estimate of drug-likeness (QED) is 0.772. The molecular formula is C13H16FNOS. The second kappa shape index (κ2) is 5.65. The molecule has 1 atom stereocenters. The zero-order chi connectivity index (χ0) is 12.3. The maximum absolute atomic E-state index is 12.7. The van der Waals surface area contributed by atoms with Crippen molar-refractivity contribution in [1.29, 1.82) is 0 Å². The van der Waals surface area contributed by atoms with Crippen LogP contribution in [0.1, 0.15) is 17.3 Å². The number of ketones is 1. The summed E-state index contributed by atoms with van der Waals surface area (Å²) in [6.45, 7) is 3.54. The van der Waals surface area contributed by atoms with Gasteiger partial charge in [0.2, 0.25) is 0 Å². The summed E-state index contributed by atoms with van der Waals surface area (Å²) in [7, 11) is 0. The summed E-state index contributed by atoms with van der Waals surface area (Å²) >= 11 is 1.93. The minimum Gasteiger partial charge on any atom is -0.293 e. The molecule has 92 valence electrons. The molecule has 2 rings (SSSR count). The molecule has 1 unspecified atom stereocenters. The second-order valence-corrected chi connectivity index (χ2v) is 5.47. The predicted molar refractivity (Wildman–Crippen MR) is 69.1 cm³/mol. The lowest BCUT2D eigenvalue weighted by molar-refractivity contribution is 0.0911. The topological polar surface area (TPSA) is 20.3 Å². The fourth-order valence-corrected chi connectivity index (χ4v) is 2.99. The van der Waals surface area contributed by atoms with Crippen LogP contribution in [0.2, 0.25) is 0 Å². The lowest BCUT2D eigenvalue weighted by Gasteiger charge is -2.32. The van der Waals surface area contributed by atoms with Crippen molar-refractivity contribution in [2.24, 2.45) is 0 Å². The van der Waals surface area contributed by atoms with E-state index in [1.54, 1.807) is 12.1 Å². The van der Waals surface area contributed by atoms with Gasteiger partial charge < -0.3 is 0 Å². The van der Waals surface area contributed by atoms with Crippen molar-refractivity contribution in [3.8, 4) is 0 Å². The molecule has 1 aromatic rings. The van der Waals surface area contributed by atoms with E-state index in [1.807, 2.05) is 11.8 Å². The minimum atomic E-state index is -0.302. The molecule has 1 saturated heterocycles. The zero-order valence-corrected chi connectivity index (χ0v) is 10.7. The van der Waals surface area contributed by atoms with Gasteiger partial charge in [-0.25, -0.2) is 4.39 Å². The average molecular weight is 253 g/mol. The molecule has 0 bridgehead atoms. The highest BCUT2D eigenvalue weighted by atomic mass is 32.2. The Morgan fingerprint density at radius 2 is 2.18 bits per heavy atom. The highest BCUT2D eigenvalue weighted by molar-refractivity contribution is 7.99. The molecule has 1 aliphatic heterocycles. The Morgan fingerprint density at radius 1 is 1.47 bits per heavy atom. The Bertz CT molecular complexity index is 393. The maximum Gasteiger partial charge on any atom is 0.176 e. The summed E-state index contributed by atoms with van der Waals surface area (Å²) in [5.74, 6) is 1.94. The largest absolute Gasteiger partial charge is 0.293 e. The van der Waals surface area contributed by atoms with Crippen molar-refractivity contribution in [3.05, 3.63) is 35.6 Å². The molecular weight excluding hydrogens is 237 g/mol. The lowest BCUT2D eigenvalue weighted by atomic mass is 10.1. The molecule has 1 aromatic carbocycles. The van der Waals surface area contributed by atoms with Gasteiger partial charge in [0.15, 0.2) is 5.78 Å². The molecule has 4 heteroatoms. The first-order chi connectivity index (χ1) is 8.16. The van der Waals surface area contributed by atoms with Crippen LogP contribution in [0, 0.1) is 5.82 Å². The Balaban J connectivity index is 1.98. The van der Waals surface area contributed by atoms with Crippen LogP contribution < -0.4 is 0 Å². The highest BCUT2D eigenvalue weighted by Crippen LogP contribution is 2.16. The van der Waals surface area contributed by atoms with Gasteiger partial charge >= 0.3 is 0 Å². The van der Waals surface area contributed by atoms with Crippen LogP contribution in [0.25, 0.3) is 0 Å². The third kappa shape index (κ3) is 3.30. The molecule has 0 aliphatic carbocycles. The van der Waals surface area contributed by atoms with Crippen molar-refractivity contribution in [2.45, 2.75) is 13.0 Å². The van der Waals surface area contributed by atoms with Gasteiger partial charge in [-0.3, -0.25) is 9.69 Å². The van der Waals surface area contributed by atoms with E-state index in [-0.39, 0.29) is 11.6 Å². The smallest absolute Gasteiger partial charge is 0.176 e. The number of carbonyl (C=O) groups is 1. The van der Waals surface area contributed by atoms with E-state index in [9.17, 15) is 9.18 Å². The molecule has 2 nitrogen and oxygen atoms in total. The molecule has 0 N–H and O–H groups in total. The van der Waals surface area contributed by atoms with Crippen molar-refractivity contribution in [3.63, 3.8) is 0 Å². The molecule has 0 aromatic heterocycles. The Labute approximate surface area is 105 Å². The Hall–Kier alpha value is -0.870. The summed E-state index contributed by atoms with van der Waals surface area (Å²) in [4.78, 5) is 14.2. The zero-order valence-electron chi connectivity index (χ0n) is 9.86. The first-order valence-corrected chi connectivity index (χ1v) is 6.93. The standard InChI is InChI=1S/C13H16FNOS/c1-10-9-17-7-6-15(10)8-13(16)11-2-4-12(14)5-3-11/h2-5,10H,6-9H2,1H3. The Kier molecular flexibility index (Phi) is 4.18. The van der Waals surface area contributed by atoms with E-state index >= 15 is 0 Å². The van der Waals surface area contributed by atoms with Gasteiger partial charge in [-0.15, -0.1) is 0 Å². The van der Waals surface area contributed by atoms with Crippen LogP contribution >= 0.6 is 11.8 Å². The van der Waals surface area contributed by atoms with E-state index in [2.05, 4.69) is 11.8 Å². The molecule has 0 spiro atoms. The first-order valence-electron chi connectivity index (χ1n) is 5.77. The van der Waals surface area contributed by atoms with Crippen molar-refractivity contribution in [1.82, 2.24) is 4.90 Å². The molecule has 0 amide bonds. The van der Waals surface area contributed by atoms with Crippen molar-refractivity contribution in [2.75, 3.05) is 24.6 Å². The summed E-state index contributed by atoms with van der Waals surface area (Å²) in [6.07, 6.45) is 0. The van der Waals surface area contributed by atoms with E-state index in [0.29, 0.717) is 18.2 Å². The molecule has 0 radical (unpaired) electrons. The average Bonchev–Trinajstić information content (AvgIpc) is 2.33. The third-order valence-corrected chi connectivity index (χ3v) is 4.21. The number of rotatable bonds is 3. The van der Waals surface area contributed by atoms with E-state index in [0.717, 1.165) is 18.1 Å². The summed E-state index contributed by atoms with van der Waals surface area (Å²) < 4.78 is 12.7. The van der Waals surface area contributed by atoms with Crippen LogP contribution in [0.15, 0.2) is 24.3 Å². The van der Waals surface area contributed by atoms with Crippen LogP contribution in [0.3, 0.4) is 0 Å². The number of Topliss-reactive ketones (excluding diaryl/α,β-unsaturated/α-hetero) is 1. The van der Waals surface area contributed by atoms with Crippen molar-refractivity contribution >= 4 is 17.5 Å². The van der Waals surface area contributed by atoms with Gasteiger partial charge in [0.1, 0.15) is 5.82 Å². The van der Waals surface area contributed by atoms with Gasteiger partial charge in [-0.2, -0.15) is 11.8 Å². The van der Waals surface area contributed by atoms with Crippen LogP contribution in [-0.4, -0.2) is 41.3 Å². The highest BCUT2D eigenvalue weighted by Gasteiger charge is 2.21. The number of thioether (sulfide) groups is 1. The normalized spacial score (nSPS) is 21.4. The van der Waals surface area contributed by atoms with Crippen LogP contribution in [0.4, 0.5) is 4.39 Å². The summed E-state index contributed by atoms with van der Waals surface area (Å²) in [6, 6.07) is 6.23. The fourth-order valence-electron chi connectivity index (χ4n) is 1.91. The molecule has 1 aliphatic rings. The number of hydrogen-bond donors (Lipinski definition) is 0. The van der Waals surface area contributed by atoms with E-state index < -0.39 is 0 Å². The van der Waals surface area contributed by atoms with E-state index in [1.165, 1.54) is 12.1 Å². The number of nitrogens with zero attached hydrogens (tertiary/aromatic N) is 1. The third-order valence-electron chi connectivity index (χ3n) is 3.02. The van der Waals surface area contributed by atoms with E-state index in [4.69, 9.17) is 0 Å². The summed E-state index contributed by atoms with van der Waals surface area (Å²) in [5.41, 5.74) is 0.594. The van der Waals surface area contributed by atoms with Gasteiger partial charge in [-0.1, -0.05) is 0 Å². The Morgan fingerprint density at radius 3 is 2.82 bits per heavy atom. The minimum absolute atomic E-state index is 0.0729. The first kappa shape index (κ1) is 12.6. The number of carbonyl (C=O) groups excluding carboxylic acids is 1. The van der Waals surface area contributed by atoms with Crippen molar-refractivity contribution < 1.29 is 9.18 Å². The monoisotopic (exact) mass is 253 g/mol. The van der Waals surface area contributed by atoms with Crippen LogP contribution in [0.5, 0.6) is 0 Å².